The Kier molecular flexibility index (Phi) is 2.75. The number of nitrogens with zero attached hydrogens (tertiary/aromatic N) is 4. The molecule has 0 aliphatic carbocycles. The lowest BCUT2D eigenvalue weighted by atomic mass is 9.34. The van der Waals surface area contributed by atoms with Crippen molar-refractivity contribution in [3.8, 4) is 11.5 Å². The highest BCUT2D eigenvalue weighted by Crippen LogP contribution is 2.44. The number of hydrogen-bond acceptors (Lipinski definition) is 3. The van der Waals surface area contributed by atoms with E-state index in [1.807, 2.05) is 0 Å². The molecule has 0 unspecified atom stereocenters. The van der Waals surface area contributed by atoms with Crippen LogP contribution in [0.25, 0.3) is 65.9 Å². The number of rotatable bonds is 0. The van der Waals surface area contributed by atoms with Crippen LogP contribution in [0.2, 0.25) is 0 Å². The molecule has 0 saturated carbocycles. The average Bonchev–Trinajstić information content (AvgIpc) is 3.55. The second-order valence-electron chi connectivity index (χ2n) is 10.6. The second-order valence-corrected chi connectivity index (χ2v) is 10.6. The first-order valence-corrected chi connectivity index (χ1v) is 13.0. The number of benzene rings is 5. The molecule has 6 heterocycles. The summed E-state index contributed by atoms with van der Waals surface area (Å²) in [7, 11) is 0. The van der Waals surface area contributed by atoms with E-state index in [0.29, 0.717) is 0 Å². The fourth-order valence-electron chi connectivity index (χ4n) is 7.50. The molecule has 0 amide bonds. The molecule has 0 bridgehead atoms. The van der Waals surface area contributed by atoms with Crippen molar-refractivity contribution in [1.82, 2.24) is 18.8 Å². The largest absolute Gasteiger partial charge is 0.458 e. The van der Waals surface area contributed by atoms with E-state index >= 15 is 0 Å². The van der Waals surface area contributed by atoms with Crippen LogP contribution >= 0.6 is 0 Å². The molecular weight excluding hydrogens is 467 g/mol. The van der Waals surface area contributed by atoms with Crippen LogP contribution in [0, 0.1) is 0 Å². The third-order valence-corrected chi connectivity index (χ3v) is 8.86. The quantitative estimate of drug-likeness (QED) is 0.223. The van der Waals surface area contributed by atoms with E-state index < -0.39 is 0 Å². The molecule has 0 fully saturated rings. The van der Waals surface area contributed by atoms with Gasteiger partial charge in [-0.15, -0.1) is 0 Å². The molecule has 0 N–H and O–H groups in total. The van der Waals surface area contributed by atoms with Crippen molar-refractivity contribution < 1.29 is 4.74 Å². The third kappa shape index (κ3) is 1.77. The maximum atomic E-state index is 6.70. The average molecular weight is 482 g/mol. The Balaban J connectivity index is 1.54. The van der Waals surface area contributed by atoms with Crippen LogP contribution in [0.1, 0.15) is 0 Å². The molecule has 5 nitrogen and oxygen atoms in total. The Labute approximate surface area is 214 Å². The van der Waals surface area contributed by atoms with E-state index in [-0.39, 0.29) is 6.71 Å². The van der Waals surface area contributed by atoms with Gasteiger partial charge in [0.15, 0.2) is 0 Å². The molecule has 0 saturated heterocycles. The van der Waals surface area contributed by atoms with Crippen LogP contribution in [-0.4, -0.2) is 25.5 Å². The lowest BCUT2D eigenvalue weighted by molar-refractivity contribution is 0.488. The Hall–Kier alpha value is -5.10. The van der Waals surface area contributed by atoms with Crippen molar-refractivity contribution in [3.63, 3.8) is 0 Å². The smallest absolute Gasteiger partial charge is 0.256 e. The standard InChI is InChI=1S/C32H15BN4O/c1-4-14-24-18(8-1)33-19-9-6-11-21-29(19)37-30-27-17(15-25(38-24)28(30)33)32-34-20-10-2-3-12-22(20)36(32)23-13-5-7-16(26(23)27)31(37)35-21/h1-15H. The number of hydrogen-bond donors (Lipinski definition) is 0. The van der Waals surface area contributed by atoms with E-state index in [2.05, 4.69) is 99.8 Å². The summed E-state index contributed by atoms with van der Waals surface area (Å²) < 4.78 is 11.4. The van der Waals surface area contributed by atoms with Crippen molar-refractivity contribution in [1.29, 1.82) is 0 Å². The molecule has 2 aliphatic rings. The minimum absolute atomic E-state index is 0.0884. The number of para-hydroxylation sites is 4. The first-order valence-electron chi connectivity index (χ1n) is 13.0. The molecule has 11 rings (SSSR count). The van der Waals surface area contributed by atoms with Crippen LogP contribution in [0.15, 0.2) is 91.0 Å². The van der Waals surface area contributed by atoms with Gasteiger partial charge in [0.1, 0.15) is 22.8 Å². The number of imidazole rings is 2. The van der Waals surface area contributed by atoms with Gasteiger partial charge in [0.05, 0.1) is 33.1 Å². The highest BCUT2D eigenvalue weighted by Gasteiger charge is 2.40. The molecular formula is C32H15BN4O. The van der Waals surface area contributed by atoms with Crippen molar-refractivity contribution in [2.24, 2.45) is 0 Å². The van der Waals surface area contributed by atoms with E-state index in [9.17, 15) is 0 Å². The van der Waals surface area contributed by atoms with Crippen LogP contribution in [-0.2, 0) is 0 Å². The minimum atomic E-state index is 0.0884. The third-order valence-electron chi connectivity index (χ3n) is 8.86. The molecule has 0 atom stereocenters. The molecule has 9 aromatic rings. The predicted molar refractivity (Wildman–Crippen MR) is 154 cm³/mol. The first-order chi connectivity index (χ1) is 18.9. The molecule has 6 heteroatoms. The summed E-state index contributed by atoms with van der Waals surface area (Å²) in [6.07, 6.45) is 0. The van der Waals surface area contributed by atoms with Gasteiger partial charge in [-0.2, -0.15) is 0 Å². The van der Waals surface area contributed by atoms with Crippen LogP contribution in [0.5, 0.6) is 11.5 Å². The van der Waals surface area contributed by atoms with Gasteiger partial charge in [-0.1, -0.05) is 54.6 Å². The van der Waals surface area contributed by atoms with E-state index in [1.165, 1.54) is 38.2 Å². The van der Waals surface area contributed by atoms with E-state index in [4.69, 9.17) is 14.7 Å². The van der Waals surface area contributed by atoms with Gasteiger partial charge in [0.25, 0.3) is 6.71 Å². The van der Waals surface area contributed by atoms with Crippen molar-refractivity contribution in [2.45, 2.75) is 0 Å². The second kappa shape index (κ2) is 5.73. The maximum Gasteiger partial charge on any atom is 0.256 e. The molecule has 0 spiro atoms. The van der Waals surface area contributed by atoms with E-state index in [0.717, 1.165) is 55.6 Å². The summed E-state index contributed by atoms with van der Waals surface area (Å²) in [5.41, 5.74) is 12.4. The van der Waals surface area contributed by atoms with Gasteiger partial charge in [-0.3, -0.25) is 8.80 Å². The zero-order valence-corrected chi connectivity index (χ0v) is 19.9. The minimum Gasteiger partial charge on any atom is -0.458 e. The highest BCUT2D eigenvalue weighted by molar-refractivity contribution is 7.00. The zero-order valence-electron chi connectivity index (χ0n) is 19.9. The summed E-state index contributed by atoms with van der Waals surface area (Å²) in [6.45, 7) is 0.0884. The van der Waals surface area contributed by atoms with E-state index in [1.54, 1.807) is 0 Å². The summed E-state index contributed by atoms with van der Waals surface area (Å²) in [6, 6.07) is 32.3. The zero-order chi connectivity index (χ0) is 24.3. The Morgan fingerprint density at radius 3 is 2.34 bits per heavy atom. The number of aromatic nitrogens is 4. The lowest BCUT2D eigenvalue weighted by Gasteiger charge is -2.32. The number of pyridine rings is 2. The first kappa shape index (κ1) is 18.2. The summed E-state index contributed by atoms with van der Waals surface area (Å²) in [5.74, 6) is 1.83. The Bertz CT molecular complexity index is 2560. The summed E-state index contributed by atoms with van der Waals surface area (Å²) in [4.78, 5) is 10.4. The van der Waals surface area contributed by atoms with Gasteiger partial charge in [-0.05, 0) is 52.8 Å². The predicted octanol–water partition coefficient (Wildman–Crippen LogP) is 5.12. The van der Waals surface area contributed by atoms with Crippen molar-refractivity contribution >= 4 is 89.0 Å². The van der Waals surface area contributed by atoms with Gasteiger partial charge < -0.3 is 4.74 Å². The van der Waals surface area contributed by atoms with Gasteiger partial charge in [-0.25, -0.2) is 9.97 Å². The maximum absolute atomic E-state index is 6.70. The van der Waals surface area contributed by atoms with Gasteiger partial charge >= 0.3 is 0 Å². The summed E-state index contributed by atoms with van der Waals surface area (Å²) >= 11 is 0. The van der Waals surface area contributed by atoms with Crippen molar-refractivity contribution in [3.05, 3.63) is 91.0 Å². The van der Waals surface area contributed by atoms with Crippen LogP contribution in [0.3, 0.4) is 0 Å². The lowest BCUT2D eigenvalue weighted by Crippen LogP contribution is -2.57. The topological polar surface area (TPSA) is 43.8 Å². The monoisotopic (exact) mass is 482 g/mol. The highest BCUT2D eigenvalue weighted by atomic mass is 16.5. The summed E-state index contributed by atoms with van der Waals surface area (Å²) in [5, 5.41) is 4.75. The number of fused-ring (bicyclic) bond motifs is 9. The van der Waals surface area contributed by atoms with Gasteiger partial charge in [0.2, 0.25) is 0 Å². The van der Waals surface area contributed by atoms with Gasteiger partial charge in [0, 0.05) is 21.5 Å². The SMILES string of the molecule is c1ccc2c(c1)Oc1cc3c4c5c(cccc5n5c6ccccc6nc35)c3nc5cccc6c5n3c4c1B26. The van der Waals surface area contributed by atoms with Crippen LogP contribution < -0.4 is 21.1 Å². The Morgan fingerprint density at radius 1 is 0.579 bits per heavy atom. The molecule has 2 aliphatic heterocycles. The fourth-order valence-corrected chi connectivity index (χ4v) is 7.50. The van der Waals surface area contributed by atoms with Crippen molar-refractivity contribution in [2.75, 3.05) is 0 Å². The fraction of sp³-hybridized carbons (Fsp3) is 0. The Morgan fingerprint density at radius 2 is 1.34 bits per heavy atom. The molecule has 38 heavy (non-hydrogen) atoms. The number of ether oxygens (including phenoxy) is 1. The molecule has 0 radical (unpaired) electrons. The molecule has 172 valence electrons. The molecule has 4 aromatic heterocycles. The van der Waals surface area contributed by atoms with Crippen LogP contribution in [0.4, 0.5) is 0 Å². The molecule has 5 aromatic carbocycles. The normalized spacial score (nSPS) is 13.9.